The van der Waals surface area contributed by atoms with Crippen molar-refractivity contribution in [3.8, 4) is 0 Å². The molecule has 0 bridgehead atoms. The minimum atomic E-state index is 0. The molecule has 0 spiro atoms. The van der Waals surface area contributed by atoms with Gasteiger partial charge in [0.25, 0.3) is 0 Å². The van der Waals surface area contributed by atoms with Crippen LogP contribution in [0.3, 0.4) is 0 Å². The summed E-state index contributed by atoms with van der Waals surface area (Å²) >= 11 is 0. The molecule has 0 aliphatic carbocycles. The smallest absolute Gasteiger partial charge is 0.221 e. The van der Waals surface area contributed by atoms with E-state index < -0.39 is 0 Å². The van der Waals surface area contributed by atoms with Crippen molar-refractivity contribution in [3.63, 3.8) is 0 Å². The Kier molecular flexibility index (Phi) is 8.61. The van der Waals surface area contributed by atoms with Crippen LogP contribution in [0.1, 0.15) is 26.2 Å². The molecule has 1 rings (SSSR count). The van der Waals surface area contributed by atoms with Crippen molar-refractivity contribution in [1.82, 2.24) is 10.6 Å². The molecule has 0 aromatic rings. The lowest BCUT2D eigenvalue weighted by molar-refractivity contribution is -0.122. The number of carbonyl (C=O) groups excluding carboxylic acids is 1. The summed E-state index contributed by atoms with van der Waals surface area (Å²) in [7, 11) is 1.86. The molecule has 2 N–H and O–H groups in total. The van der Waals surface area contributed by atoms with Crippen LogP contribution in [0.15, 0.2) is 0 Å². The monoisotopic (exact) mass is 250 g/mol. The van der Waals surface area contributed by atoms with E-state index in [1.165, 1.54) is 0 Å². The van der Waals surface area contributed by atoms with Gasteiger partial charge in [0.2, 0.25) is 5.91 Å². The van der Waals surface area contributed by atoms with Crippen molar-refractivity contribution in [1.29, 1.82) is 0 Å². The second-order valence-electron chi connectivity index (χ2n) is 4.16. The molecule has 1 unspecified atom stereocenters. The third-order valence-corrected chi connectivity index (χ3v) is 2.96. The fourth-order valence-corrected chi connectivity index (χ4v) is 1.90. The molecule has 1 heterocycles. The van der Waals surface area contributed by atoms with Crippen LogP contribution in [0.2, 0.25) is 0 Å². The highest BCUT2D eigenvalue weighted by molar-refractivity contribution is 5.85. The minimum Gasteiger partial charge on any atom is -0.381 e. The Hall–Kier alpha value is -0.320. The van der Waals surface area contributed by atoms with E-state index >= 15 is 0 Å². The lowest BCUT2D eigenvalue weighted by Crippen LogP contribution is -2.40. The Bertz CT molecular complexity index is 196. The summed E-state index contributed by atoms with van der Waals surface area (Å²) in [5.74, 6) is 0.723. The highest BCUT2D eigenvalue weighted by atomic mass is 35.5. The maximum absolute atomic E-state index is 11.5. The van der Waals surface area contributed by atoms with E-state index in [0.29, 0.717) is 12.3 Å². The predicted molar refractivity (Wildman–Crippen MR) is 66.9 cm³/mol. The molecule has 1 fully saturated rings. The Balaban J connectivity index is 0.00000225. The average Bonchev–Trinajstić information content (AvgIpc) is 2.27. The SMILES string of the molecule is CNCCC(=O)NC(C)C1CCOCC1.Cl. The Morgan fingerprint density at radius 1 is 1.44 bits per heavy atom. The van der Waals surface area contributed by atoms with Gasteiger partial charge in [-0.1, -0.05) is 0 Å². The van der Waals surface area contributed by atoms with Gasteiger partial charge in [0, 0.05) is 32.2 Å². The zero-order chi connectivity index (χ0) is 11.1. The fraction of sp³-hybridized carbons (Fsp3) is 0.909. The summed E-state index contributed by atoms with van der Waals surface area (Å²) in [5, 5.41) is 6.02. The standard InChI is InChI=1S/C11H22N2O2.ClH/c1-9(10-4-7-15-8-5-10)13-11(14)3-6-12-2;/h9-10,12H,3-8H2,1-2H3,(H,13,14);1H. The van der Waals surface area contributed by atoms with Crippen molar-refractivity contribution in [3.05, 3.63) is 0 Å². The molecule has 16 heavy (non-hydrogen) atoms. The van der Waals surface area contributed by atoms with E-state index in [2.05, 4.69) is 17.6 Å². The summed E-state index contributed by atoms with van der Waals surface area (Å²) in [4.78, 5) is 11.5. The van der Waals surface area contributed by atoms with Crippen LogP contribution < -0.4 is 10.6 Å². The lowest BCUT2D eigenvalue weighted by atomic mass is 9.93. The molecule has 1 aliphatic rings. The maximum Gasteiger partial charge on any atom is 0.221 e. The van der Waals surface area contributed by atoms with Crippen molar-refractivity contribution in [2.24, 2.45) is 5.92 Å². The average molecular weight is 251 g/mol. The van der Waals surface area contributed by atoms with Crippen LogP contribution in [0.5, 0.6) is 0 Å². The second kappa shape index (κ2) is 8.79. The van der Waals surface area contributed by atoms with Crippen molar-refractivity contribution < 1.29 is 9.53 Å². The van der Waals surface area contributed by atoms with E-state index in [0.717, 1.165) is 32.6 Å². The van der Waals surface area contributed by atoms with Crippen molar-refractivity contribution in [2.75, 3.05) is 26.8 Å². The van der Waals surface area contributed by atoms with Gasteiger partial charge in [0.1, 0.15) is 0 Å². The predicted octanol–water partition coefficient (Wildman–Crippen LogP) is 0.949. The van der Waals surface area contributed by atoms with Gasteiger partial charge in [-0.05, 0) is 32.7 Å². The van der Waals surface area contributed by atoms with E-state index in [1.54, 1.807) is 0 Å². The second-order valence-corrected chi connectivity index (χ2v) is 4.16. The Morgan fingerprint density at radius 3 is 2.62 bits per heavy atom. The van der Waals surface area contributed by atoms with E-state index in [9.17, 15) is 4.79 Å². The third kappa shape index (κ3) is 5.68. The molecule has 5 heteroatoms. The quantitative estimate of drug-likeness (QED) is 0.764. The number of ether oxygens (including phenoxy) is 1. The van der Waals surface area contributed by atoms with Crippen LogP contribution in [-0.2, 0) is 9.53 Å². The Labute approximate surface area is 104 Å². The number of halogens is 1. The molecule has 96 valence electrons. The van der Waals surface area contributed by atoms with E-state index in [-0.39, 0.29) is 24.4 Å². The molecular weight excluding hydrogens is 228 g/mol. The number of carbonyl (C=O) groups is 1. The molecule has 1 saturated heterocycles. The topological polar surface area (TPSA) is 50.4 Å². The Morgan fingerprint density at radius 2 is 2.06 bits per heavy atom. The molecule has 1 aliphatic heterocycles. The van der Waals surface area contributed by atoms with Crippen LogP contribution in [0.4, 0.5) is 0 Å². The first-order valence-electron chi connectivity index (χ1n) is 5.75. The molecule has 0 aromatic carbocycles. The summed E-state index contributed by atoms with van der Waals surface area (Å²) in [6.45, 7) is 4.50. The summed E-state index contributed by atoms with van der Waals surface area (Å²) < 4.78 is 5.30. The van der Waals surface area contributed by atoms with Gasteiger partial charge >= 0.3 is 0 Å². The molecular formula is C11H23ClN2O2. The first-order chi connectivity index (χ1) is 7.24. The van der Waals surface area contributed by atoms with Crippen molar-refractivity contribution in [2.45, 2.75) is 32.2 Å². The first-order valence-corrected chi connectivity index (χ1v) is 5.75. The third-order valence-electron chi connectivity index (χ3n) is 2.96. The lowest BCUT2D eigenvalue weighted by Gasteiger charge is -2.28. The number of amides is 1. The van der Waals surface area contributed by atoms with Crippen LogP contribution in [0, 0.1) is 5.92 Å². The molecule has 4 nitrogen and oxygen atoms in total. The van der Waals surface area contributed by atoms with Gasteiger partial charge in [-0.15, -0.1) is 12.4 Å². The zero-order valence-corrected chi connectivity index (χ0v) is 10.9. The molecule has 1 amide bonds. The molecule has 0 radical (unpaired) electrons. The number of nitrogens with one attached hydrogen (secondary N) is 2. The molecule has 0 aromatic heterocycles. The molecule has 0 saturated carbocycles. The first kappa shape index (κ1) is 15.7. The maximum atomic E-state index is 11.5. The van der Waals surface area contributed by atoms with E-state index in [1.807, 2.05) is 7.05 Å². The van der Waals surface area contributed by atoms with Gasteiger partial charge in [-0.3, -0.25) is 4.79 Å². The van der Waals surface area contributed by atoms with Crippen LogP contribution in [0.25, 0.3) is 0 Å². The highest BCUT2D eigenvalue weighted by Gasteiger charge is 2.21. The fourth-order valence-electron chi connectivity index (χ4n) is 1.90. The van der Waals surface area contributed by atoms with Gasteiger partial charge in [-0.2, -0.15) is 0 Å². The summed E-state index contributed by atoms with van der Waals surface area (Å²) in [5.41, 5.74) is 0. The zero-order valence-electron chi connectivity index (χ0n) is 10.1. The van der Waals surface area contributed by atoms with E-state index in [4.69, 9.17) is 4.74 Å². The number of rotatable bonds is 5. The normalized spacial score (nSPS) is 18.6. The van der Waals surface area contributed by atoms with Crippen LogP contribution >= 0.6 is 12.4 Å². The largest absolute Gasteiger partial charge is 0.381 e. The van der Waals surface area contributed by atoms with Gasteiger partial charge < -0.3 is 15.4 Å². The number of hydrogen-bond acceptors (Lipinski definition) is 3. The minimum absolute atomic E-state index is 0. The van der Waals surface area contributed by atoms with Crippen molar-refractivity contribution >= 4 is 18.3 Å². The van der Waals surface area contributed by atoms with Gasteiger partial charge in [0.15, 0.2) is 0 Å². The van der Waals surface area contributed by atoms with Gasteiger partial charge in [0.05, 0.1) is 0 Å². The molecule has 1 atom stereocenters. The highest BCUT2D eigenvalue weighted by Crippen LogP contribution is 2.18. The summed E-state index contributed by atoms with van der Waals surface area (Å²) in [6.07, 6.45) is 2.69. The number of hydrogen-bond donors (Lipinski definition) is 2. The van der Waals surface area contributed by atoms with Gasteiger partial charge in [-0.25, -0.2) is 0 Å². The van der Waals surface area contributed by atoms with Crippen LogP contribution in [-0.4, -0.2) is 38.8 Å². The summed E-state index contributed by atoms with van der Waals surface area (Å²) in [6, 6.07) is 0.276.